The number of carbonyl (C=O) groups is 1. The summed E-state index contributed by atoms with van der Waals surface area (Å²) in [6, 6.07) is 9.62. The molecule has 5 nitrogen and oxygen atoms in total. The molecule has 3 rings (SSSR count). The zero-order chi connectivity index (χ0) is 16.9. The molecule has 0 unspecified atom stereocenters. The Bertz CT molecular complexity index is 837. The Morgan fingerprint density at radius 2 is 2.21 bits per heavy atom. The van der Waals surface area contributed by atoms with Crippen LogP contribution < -0.4 is 5.32 Å². The number of hydrogen-bond acceptors (Lipinski definition) is 4. The standard InChI is InChI=1S/C17H15FN4OS/c1-22(10-12-4-2-6-14(18)8-12)17(23)21-16-20-15(11-24-16)13-5-3-7-19-9-13/h2-9,11H,10H2,1H3,(H,20,21,23). The fourth-order valence-corrected chi connectivity index (χ4v) is 2.86. The second-order valence-electron chi connectivity index (χ2n) is 5.20. The number of rotatable bonds is 4. The molecule has 0 aliphatic rings. The molecule has 0 aliphatic carbocycles. The van der Waals surface area contributed by atoms with Crippen LogP contribution in [0.3, 0.4) is 0 Å². The van der Waals surface area contributed by atoms with E-state index in [4.69, 9.17) is 0 Å². The first-order chi connectivity index (χ1) is 11.6. The normalized spacial score (nSPS) is 10.4. The smallest absolute Gasteiger partial charge is 0.323 e. The van der Waals surface area contributed by atoms with Gasteiger partial charge in [-0.1, -0.05) is 12.1 Å². The lowest BCUT2D eigenvalue weighted by molar-refractivity contribution is 0.220. The molecular weight excluding hydrogens is 327 g/mol. The molecule has 0 atom stereocenters. The van der Waals surface area contributed by atoms with Gasteiger partial charge in [0.05, 0.1) is 5.69 Å². The number of urea groups is 1. The zero-order valence-corrected chi connectivity index (χ0v) is 13.8. The van der Waals surface area contributed by atoms with Gasteiger partial charge in [-0.25, -0.2) is 14.2 Å². The summed E-state index contributed by atoms with van der Waals surface area (Å²) in [6.07, 6.45) is 3.41. The van der Waals surface area contributed by atoms with E-state index in [0.29, 0.717) is 11.7 Å². The highest BCUT2D eigenvalue weighted by Gasteiger charge is 2.12. The van der Waals surface area contributed by atoms with E-state index in [1.807, 2.05) is 17.5 Å². The number of carbonyl (C=O) groups excluding carboxylic acids is 1. The summed E-state index contributed by atoms with van der Waals surface area (Å²) in [7, 11) is 1.65. The minimum absolute atomic E-state index is 0.300. The molecule has 0 aliphatic heterocycles. The molecule has 0 saturated heterocycles. The molecule has 1 aromatic carbocycles. The number of pyridine rings is 1. The largest absolute Gasteiger partial charge is 0.323 e. The molecule has 2 aromatic heterocycles. The molecule has 1 N–H and O–H groups in total. The van der Waals surface area contributed by atoms with Gasteiger partial charge in [0.2, 0.25) is 0 Å². The van der Waals surface area contributed by atoms with Crippen molar-refractivity contribution in [1.82, 2.24) is 14.9 Å². The van der Waals surface area contributed by atoms with Gasteiger partial charge in [0, 0.05) is 36.9 Å². The molecule has 0 bridgehead atoms. The number of nitrogens with zero attached hydrogens (tertiary/aromatic N) is 3. The van der Waals surface area contributed by atoms with Gasteiger partial charge < -0.3 is 4.90 Å². The fraction of sp³-hybridized carbons (Fsp3) is 0.118. The van der Waals surface area contributed by atoms with Gasteiger partial charge in [-0.05, 0) is 29.8 Å². The molecule has 122 valence electrons. The maximum absolute atomic E-state index is 13.2. The number of halogens is 1. The van der Waals surface area contributed by atoms with Gasteiger partial charge in [0.15, 0.2) is 5.13 Å². The SMILES string of the molecule is CN(Cc1cccc(F)c1)C(=O)Nc1nc(-c2cccnc2)cs1. The van der Waals surface area contributed by atoms with Gasteiger partial charge >= 0.3 is 6.03 Å². The van der Waals surface area contributed by atoms with Crippen molar-refractivity contribution >= 4 is 22.5 Å². The van der Waals surface area contributed by atoms with E-state index in [-0.39, 0.29) is 11.8 Å². The van der Waals surface area contributed by atoms with Gasteiger partial charge in [-0.2, -0.15) is 0 Å². The number of nitrogens with one attached hydrogen (secondary N) is 1. The quantitative estimate of drug-likeness (QED) is 0.779. The molecule has 0 spiro atoms. The van der Waals surface area contributed by atoms with E-state index in [9.17, 15) is 9.18 Å². The maximum Gasteiger partial charge on any atom is 0.323 e. The third-order valence-corrected chi connectivity index (χ3v) is 4.09. The summed E-state index contributed by atoms with van der Waals surface area (Å²) in [5.74, 6) is -0.317. The summed E-state index contributed by atoms with van der Waals surface area (Å²) in [4.78, 5) is 22.1. The van der Waals surface area contributed by atoms with Crippen molar-refractivity contribution in [2.24, 2.45) is 0 Å². The van der Waals surface area contributed by atoms with Crippen molar-refractivity contribution in [3.8, 4) is 11.3 Å². The van der Waals surface area contributed by atoms with Crippen LogP contribution in [0.15, 0.2) is 54.2 Å². The Kier molecular flexibility index (Phi) is 4.81. The summed E-state index contributed by atoms with van der Waals surface area (Å²) in [6.45, 7) is 0.310. The highest BCUT2D eigenvalue weighted by molar-refractivity contribution is 7.14. The van der Waals surface area contributed by atoms with Crippen LogP contribution in [0.25, 0.3) is 11.3 Å². The van der Waals surface area contributed by atoms with Gasteiger partial charge in [-0.3, -0.25) is 10.3 Å². The van der Waals surface area contributed by atoms with Crippen LogP contribution in [0.1, 0.15) is 5.56 Å². The van der Waals surface area contributed by atoms with Crippen LogP contribution >= 0.6 is 11.3 Å². The average molecular weight is 342 g/mol. The van der Waals surface area contributed by atoms with Crippen LogP contribution in [0.5, 0.6) is 0 Å². The van der Waals surface area contributed by atoms with Crippen LogP contribution in [0, 0.1) is 5.82 Å². The Morgan fingerprint density at radius 1 is 1.33 bits per heavy atom. The fourth-order valence-electron chi connectivity index (χ4n) is 2.15. The third kappa shape index (κ3) is 3.94. The van der Waals surface area contributed by atoms with E-state index in [0.717, 1.165) is 16.8 Å². The number of benzene rings is 1. The number of anilines is 1. The van der Waals surface area contributed by atoms with Crippen LogP contribution in [-0.2, 0) is 6.54 Å². The molecule has 24 heavy (non-hydrogen) atoms. The first-order valence-corrected chi connectivity index (χ1v) is 8.12. The Labute approximate surface area is 142 Å². The van der Waals surface area contributed by atoms with E-state index in [2.05, 4.69) is 15.3 Å². The van der Waals surface area contributed by atoms with Gasteiger partial charge in [0.1, 0.15) is 5.82 Å². The minimum atomic E-state index is -0.317. The summed E-state index contributed by atoms with van der Waals surface area (Å²) in [5.41, 5.74) is 2.38. The number of amides is 2. The lowest BCUT2D eigenvalue weighted by Gasteiger charge is -2.17. The second-order valence-corrected chi connectivity index (χ2v) is 6.05. The third-order valence-electron chi connectivity index (χ3n) is 3.33. The molecule has 0 fully saturated rings. The van der Waals surface area contributed by atoms with Crippen molar-refractivity contribution in [2.75, 3.05) is 12.4 Å². The van der Waals surface area contributed by atoms with E-state index < -0.39 is 0 Å². The van der Waals surface area contributed by atoms with E-state index in [1.165, 1.54) is 28.4 Å². The Hall–Kier alpha value is -2.80. The predicted molar refractivity (Wildman–Crippen MR) is 92.2 cm³/mol. The molecule has 2 amide bonds. The molecule has 7 heteroatoms. The van der Waals surface area contributed by atoms with Crippen molar-refractivity contribution < 1.29 is 9.18 Å². The van der Waals surface area contributed by atoms with Crippen molar-refractivity contribution in [1.29, 1.82) is 0 Å². The molecule has 0 radical (unpaired) electrons. The molecular formula is C17H15FN4OS. The van der Waals surface area contributed by atoms with Crippen LogP contribution in [0.2, 0.25) is 0 Å². The lowest BCUT2D eigenvalue weighted by Crippen LogP contribution is -2.30. The van der Waals surface area contributed by atoms with Crippen molar-refractivity contribution in [3.63, 3.8) is 0 Å². The number of hydrogen-bond donors (Lipinski definition) is 1. The monoisotopic (exact) mass is 342 g/mol. The molecule has 0 saturated carbocycles. The predicted octanol–water partition coefficient (Wildman–Crippen LogP) is 4.01. The second kappa shape index (κ2) is 7.18. The van der Waals surface area contributed by atoms with Crippen molar-refractivity contribution in [3.05, 3.63) is 65.6 Å². The van der Waals surface area contributed by atoms with E-state index in [1.54, 1.807) is 31.6 Å². The molecule has 3 aromatic rings. The van der Waals surface area contributed by atoms with Gasteiger partial charge in [-0.15, -0.1) is 11.3 Å². The zero-order valence-electron chi connectivity index (χ0n) is 12.9. The van der Waals surface area contributed by atoms with Crippen molar-refractivity contribution in [2.45, 2.75) is 6.54 Å². The highest BCUT2D eigenvalue weighted by Crippen LogP contribution is 2.24. The van der Waals surface area contributed by atoms with Crippen LogP contribution in [0.4, 0.5) is 14.3 Å². The highest BCUT2D eigenvalue weighted by atomic mass is 32.1. The minimum Gasteiger partial charge on any atom is -0.323 e. The lowest BCUT2D eigenvalue weighted by atomic mass is 10.2. The summed E-state index contributed by atoms with van der Waals surface area (Å²) < 4.78 is 13.2. The summed E-state index contributed by atoms with van der Waals surface area (Å²) >= 11 is 1.34. The first kappa shape index (κ1) is 16.1. The average Bonchev–Trinajstić information content (AvgIpc) is 3.04. The number of thiazole rings is 1. The topological polar surface area (TPSA) is 58.1 Å². The van der Waals surface area contributed by atoms with E-state index >= 15 is 0 Å². The maximum atomic E-state index is 13.2. The molecule has 2 heterocycles. The Balaban J connectivity index is 1.63. The first-order valence-electron chi connectivity index (χ1n) is 7.24. The summed E-state index contributed by atoms with van der Waals surface area (Å²) in [5, 5.41) is 5.11. The van der Waals surface area contributed by atoms with Crippen LogP contribution in [-0.4, -0.2) is 27.9 Å². The Morgan fingerprint density at radius 3 is 2.96 bits per heavy atom. The number of aromatic nitrogens is 2. The van der Waals surface area contributed by atoms with Gasteiger partial charge in [0.25, 0.3) is 0 Å².